The van der Waals surface area contributed by atoms with Crippen LogP contribution < -0.4 is 10.9 Å². The standard InChI is InChI=1S/C27H25N3O5/c1-4-34-27(33)18-9-11-20(12-10-18)29-26-22(25(32)30-23-8-6-5-7-16(23)2)13-21-19(15-31)14-28-17(3)24(21)35-26/h5-14,31H,4,15H2,1-3H3,(H,30,32). The van der Waals surface area contributed by atoms with Crippen molar-refractivity contribution in [2.75, 3.05) is 11.9 Å². The summed E-state index contributed by atoms with van der Waals surface area (Å²) in [6, 6.07) is 15.6. The molecule has 0 atom stereocenters. The van der Waals surface area contributed by atoms with E-state index in [9.17, 15) is 14.7 Å². The Bertz CT molecular complexity index is 1470. The number of hydrogen-bond acceptors (Lipinski definition) is 7. The highest BCUT2D eigenvalue weighted by atomic mass is 16.5. The van der Waals surface area contributed by atoms with E-state index in [1.807, 2.05) is 31.2 Å². The number of aliphatic hydroxyl groups excluding tert-OH is 1. The summed E-state index contributed by atoms with van der Waals surface area (Å²) in [6.07, 6.45) is 1.56. The van der Waals surface area contributed by atoms with E-state index >= 15 is 0 Å². The van der Waals surface area contributed by atoms with E-state index in [1.165, 1.54) is 0 Å². The Morgan fingerprint density at radius 2 is 1.86 bits per heavy atom. The van der Waals surface area contributed by atoms with E-state index in [4.69, 9.17) is 9.15 Å². The van der Waals surface area contributed by atoms with Gasteiger partial charge in [-0.1, -0.05) is 18.2 Å². The molecule has 2 heterocycles. The van der Waals surface area contributed by atoms with Crippen molar-refractivity contribution in [3.05, 3.63) is 94.3 Å². The number of aliphatic hydroxyl groups is 1. The molecule has 2 N–H and O–H groups in total. The van der Waals surface area contributed by atoms with Crippen molar-refractivity contribution in [2.24, 2.45) is 4.99 Å². The number of aryl methyl sites for hydroxylation is 2. The molecule has 4 aromatic rings. The quantitative estimate of drug-likeness (QED) is 0.397. The zero-order chi connectivity index (χ0) is 24.9. The molecule has 0 radical (unpaired) electrons. The number of para-hydroxylation sites is 1. The number of aromatic nitrogens is 1. The molecule has 0 aliphatic carbocycles. The van der Waals surface area contributed by atoms with E-state index in [2.05, 4.69) is 15.3 Å². The van der Waals surface area contributed by atoms with Gasteiger partial charge in [0.25, 0.3) is 5.91 Å². The number of carbonyl (C=O) groups excluding carboxylic acids is 2. The molecular formula is C27H25N3O5. The number of amides is 1. The van der Waals surface area contributed by atoms with Gasteiger partial charge in [0.15, 0.2) is 5.58 Å². The van der Waals surface area contributed by atoms with Crippen molar-refractivity contribution in [3.8, 4) is 0 Å². The maximum atomic E-state index is 13.4. The number of nitrogens with zero attached hydrogens (tertiary/aromatic N) is 2. The van der Waals surface area contributed by atoms with E-state index in [-0.39, 0.29) is 24.3 Å². The van der Waals surface area contributed by atoms with Crippen molar-refractivity contribution in [1.29, 1.82) is 0 Å². The van der Waals surface area contributed by atoms with E-state index < -0.39 is 11.9 Å². The van der Waals surface area contributed by atoms with Gasteiger partial charge in [0.1, 0.15) is 5.56 Å². The largest absolute Gasteiger partial charge is 0.462 e. The number of hydrogen-bond donors (Lipinski definition) is 2. The number of nitrogens with one attached hydrogen (secondary N) is 1. The molecule has 0 bridgehead atoms. The molecule has 1 amide bonds. The van der Waals surface area contributed by atoms with Gasteiger partial charge >= 0.3 is 5.97 Å². The number of ether oxygens (including phenoxy) is 1. The third-order valence-electron chi connectivity index (χ3n) is 5.47. The van der Waals surface area contributed by atoms with E-state index in [1.54, 1.807) is 50.4 Å². The van der Waals surface area contributed by atoms with Crippen LogP contribution in [0.3, 0.4) is 0 Å². The fraction of sp³-hybridized carbons (Fsp3) is 0.185. The summed E-state index contributed by atoms with van der Waals surface area (Å²) in [7, 11) is 0. The summed E-state index contributed by atoms with van der Waals surface area (Å²) in [4.78, 5) is 34.1. The second-order valence-electron chi connectivity index (χ2n) is 7.88. The van der Waals surface area contributed by atoms with Gasteiger partial charge in [0, 0.05) is 22.8 Å². The van der Waals surface area contributed by atoms with Crippen LogP contribution in [0.25, 0.3) is 11.0 Å². The van der Waals surface area contributed by atoms with Crippen LogP contribution in [-0.2, 0) is 11.3 Å². The Balaban J connectivity index is 1.86. The molecule has 8 nitrogen and oxygen atoms in total. The molecule has 0 saturated carbocycles. The minimum Gasteiger partial charge on any atom is -0.462 e. The topological polar surface area (TPSA) is 114 Å². The Labute approximate surface area is 201 Å². The predicted molar refractivity (Wildman–Crippen MR) is 131 cm³/mol. The van der Waals surface area contributed by atoms with Crippen molar-refractivity contribution in [1.82, 2.24) is 4.98 Å². The number of esters is 1. The zero-order valence-electron chi connectivity index (χ0n) is 19.7. The molecule has 4 rings (SSSR count). The molecule has 35 heavy (non-hydrogen) atoms. The minimum atomic E-state index is -0.425. The third-order valence-corrected chi connectivity index (χ3v) is 5.47. The monoisotopic (exact) mass is 471 g/mol. The van der Waals surface area contributed by atoms with Gasteiger partial charge in [0.2, 0.25) is 5.55 Å². The van der Waals surface area contributed by atoms with Gasteiger partial charge in [-0.3, -0.25) is 9.78 Å². The first-order valence-electron chi connectivity index (χ1n) is 11.1. The van der Waals surface area contributed by atoms with Gasteiger partial charge in [-0.15, -0.1) is 0 Å². The SMILES string of the molecule is CCOC(=O)c1ccc(N=c2oc3c(C)ncc(CO)c3cc2C(=O)Nc2ccccc2C)cc1. The maximum absolute atomic E-state index is 13.4. The van der Waals surface area contributed by atoms with Crippen LogP contribution >= 0.6 is 0 Å². The Morgan fingerprint density at radius 1 is 1.11 bits per heavy atom. The van der Waals surface area contributed by atoms with Crippen LogP contribution in [-0.4, -0.2) is 28.6 Å². The smallest absolute Gasteiger partial charge is 0.338 e. The molecule has 2 aromatic carbocycles. The first kappa shape index (κ1) is 23.8. The normalized spacial score (nSPS) is 11.5. The van der Waals surface area contributed by atoms with Crippen LogP contribution in [0.5, 0.6) is 0 Å². The molecule has 8 heteroatoms. The molecule has 178 valence electrons. The fourth-order valence-corrected chi connectivity index (χ4v) is 3.57. The third kappa shape index (κ3) is 5.12. The highest BCUT2D eigenvalue weighted by molar-refractivity contribution is 6.06. The number of rotatable bonds is 6. The van der Waals surface area contributed by atoms with Crippen LogP contribution in [0.15, 0.2) is 70.2 Å². The summed E-state index contributed by atoms with van der Waals surface area (Å²) in [5.41, 5.74) is 4.26. The van der Waals surface area contributed by atoms with Crippen molar-refractivity contribution in [2.45, 2.75) is 27.4 Å². The maximum Gasteiger partial charge on any atom is 0.338 e. The van der Waals surface area contributed by atoms with E-state index in [0.29, 0.717) is 39.2 Å². The summed E-state index contributed by atoms with van der Waals surface area (Å²) < 4.78 is 11.1. The second-order valence-corrected chi connectivity index (χ2v) is 7.88. The lowest BCUT2D eigenvalue weighted by atomic mass is 10.1. The van der Waals surface area contributed by atoms with Crippen molar-refractivity contribution >= 4 is 34.2 Å². The average molecular weight is 472 g/mol. The lowest BCUT2D eigenvalue weighted by molar-refractivity contribution is 0.0526. The predicted octanol–water partition coefficient (Wildman–Crippen LogP) is 4.60. The van der Waals surface area contributed by atoms with Crippen LogP contribution in [0.1, 0.15) is 44.5 Å². The number of fused-ring (bicyclic) bond motifs is 1. The number of anilines is 1. The van der Waals surface area contributed by atoms with Crippen molar-refractivity contribution < 1.29 is 23.8 Å². The summed E-state index contributed by atoms with van der Waals surface area (Å²) >= 11 is 0. The Morgan fingerprint density at radius 3 is 2.54 bits per heavy atom. The van der Waals surface area contributed by atoms with Gasteiger partial charge < -0.3 is 19.6 Å². The van der Waals surface area contributed by atoms with Crippen LogP contribution in [0.2, 0.25) is 0 Å². The minimum absolute atomic E-state index is 0.0764. The van der Waals surface area contributed by atoms with Gasteiger partial charge in [-0.05, 0) is 62.7 Å². The lowest BCUT2D eigenvalue weighted by Crippen LogP contribution is -2.22. The molecule has 0 fully saturated rings. The Hall–Kier alpha value is -4.30. The molecular weight excluding hydrogens is 446 g/mol. The second kappa shape index (κ2) is 10.3. The molecule has 0 unspecified atom stereocenters. The molecule has 2 aromatic heterocycles. The highest BCUT2D eigenvalue weighted by Gasteiger charge is 2.17. The lowest BCUT2D eigenvalue weighted by Gasteiger charge is -2.11. The number of pyridine rings is 1. The zero-order valence-corrected chi connectivity index (χ0v) is 19.7. The molecule has 0 spiro atoms. The fourth-order valence-electron chi connectivity index (χ4n) is 3.57. The summed E-state index contributed by atoms with van der Waals surface area (Å²) in [6.45, 7) is 5.44. The van der Waals surface area contributed by atoms with Gasteiger partial charge in [-0.25, -0.2) is 9.79 Å². The number of carbonyl (C=O) groups is 2. The molecule has 0 aliphatic heterocycles. The highest BCUT2D eigenvalue weighted by Crippen LogP contribution is 2.23. The van der Waals surface area contributed by atoms with E-state index in [0.717, 1.165) is 5.56 Å². The first-order valence-corrected chi connectivity index (χ1v) is 11.1. The molecule has 0 saturated heterocycles. The average Bonchev–Trinajstić information content (AvgIpc) is 2.86. The Kier molecular flexibility index (Phi) is 7.03. The summed E-state index contributed by atoms with van der Waals surface area (Å²) in [5, 5.41) is 13.3. The van der Waals surface area contributed by atoms with Crippen LogP contribution in [0, 0.1) is 13.8 Å². The van der Waals surface area contributed by atoms with Gasteiger partial charge in [0.05, 0.1) is 30.2 Å². The first-order chi connectivity index (χ1) is 16.9. The van der Waals surface area contributed by atoms with Crippen molar-refractivity contribution in [3.63, 3.8) is 0 Å². The summed E-state index contributed by atoms with van der Waals surface area (Å²) in [5.74, 6) is -0.837. The van der Waals surface area contributed by atoms with Gasteiger partial charge in [-0.2, -0.15) is 0 Å². The molecule has 0 aliphatic rings. The number of benzene rings is 2. The van der Waals surface area contributed by atoms with Crippen LogP contribution in [0.4, 0.5) is 11.4 Å².